The number of nitrogens with two attached hydrogens (primary N) is 1. The zero-order valence-electron chi connectivity index (χ0n) is 12.1. The van der Waals surface area contributed by atoms with Crippen LogP contribution in [0, 0.1) is 13.8 Å². The van der Waals surface area contributed by atoms with Gasteiger partial charge in [0.2, 0.25) is 0 Å². The van der Waals surface area contributed by atoms with E-state index in [0.717, 1.165) is 21.3 Å². The molecular weight excluding hydrogens is 314 g/mol. The second-order valence-electron chi connectivity index (χ2n) is 5.19. The number of hydrogen-bond acceptors (Lipinski definition) is 2. The van der Waals surface area contributed by atoms with Gasteiger partial charge in [-0.15, -0.1) is 0 Å². The van der Waals surface area contributed by atoms with E-state index in [9.17, 15) is 0 Å². The molecule has 0 spiro atoms. The third-order valence-electron chi connectivity index (χ3n) is 3.27. The Morgan fingerprint density at radius 3 is 2.40 bits per heavy atom. The summed E-state index contributed by atoms with van der Waals surface area (Å²) in [6.45, 7) is 6.10. The van der Waals surface area contributed by atoms with Crippen molar-refractivity contribution in [3.05, 3.63) is 63.6 Å². The lowest BCUT2D eigenvalue weighted by molar-refractivity contribution is 0.178. The van der Waals surface area contributed by atoms with Crippen LogP contribution in [0.4, 0.5) is 0 Å². The Morgan fingerprint density at radius 2 is 1.80 bits per heavy atom. The van der Waals surface area contributed by atoms with E-state index in [1.165, 1.54) is 5.56 Å². The molecule has 2 aromatic rings. The van der Waals surface area contributed by atoms with E-state index in [1.807, 2.05) is 37.3 Å². The zero-order chi connectivity index (χ0) is 14.7. The van der Waals surface area contributed by atoms with Gasteiger partial charge in [0.05, 0.1) is 0 Å². The maximum Gasteiger partial charge on any atom is 0.140 e. The number of rotatable bonds is 4. The molecule has 20 heavy (non-hydrogen) atoms. The highest BCUT2D eigenvalue weighted by Gasteiger charge is 2.21. The molecule has 0 saturated heterocycles. The van der Waals surface area contributed by atoms with Crippen molar-refractivity contribution >= 4 is 15.9 Å². The number of benzene rings is 2. The van der Waals surface area contributed by atoms with Gasteiger partial charge in [-0.1, -0.05) is 51.8 Å². The van der Waals surface area contributed by atoms with Crippen molar-refractivity contribution in [2.75, 3.05) is 0 Å². The lowest BCUT2D eigenvalue weighted by Gasteiger charge is -2.25. The van der Waals surface area contributed by atoms with Crippen molar-refractivity contribution in [1.29, 1.82) is 0 Å². The fraction of sp³-hybridized carbons (Fsp3) is 0.294. The van der Waals surface area contributed by atoms with Gasteiger partial charge < -0.3 is 10.5 Å². The lowest BCUT2D eigenvalue weighted by atomic mass is 10.0. The SMILES string of the molecule is Cc1ccc(OC(c2ccccc2Br)C(C)N)c(C)c1. The standard InChI is InChI=1S/C17H20BrNO/c1-11-8-9-16(12(2)10-11)20-17(13(3)19)14-6-4-5-7-15(14)18/h4-10,13,17H,19H2,1-3H3. The maximum absolute atomic E-state index is 6.17. The Kier molecular flexibility index (Phi) is 4.84. The molecule has 0 amide bonds. The Balaban J connectivity index is 2.33. The summed E-state index contributed by atoms with van der Waals surface area (Å²) in [4.78, 5) is 0. The summed E-state index contributed by atoms with van der Waals surface area (Å²) >= 11 is 3.57. The molecule has 0 aromatic heterocycles. The molecular formula is C17H20BrNO. The summed E-state index contributed by atoms with van der Waals surface area (Å²) in [5.74, 6) is 0.883. The van der Waals surface area contributed by atoms with Crippen LogP contribution in [0.5, 0.6) is 5.75 Å². The van der Waals surface area contributed by atoms with Gasteiger partial charge in [-0.3, -0.25) is 0 Å². The van der Waals surface area contributed by atoms with Gasteiger partial charge in [0.25, 0.3) is 0 Å². The second kappa shape index (κ2) is 6.42. The molecule has 2 unspecified atom stereocenters. The highest BCUT2D eigenvalue weighted by Crippen LogP contribution is 2.31. The van der Waals surface area contributed by atoms with E-state index in [-0.39, 0.29) is 12.1 Å². The average molecular weight is 334 g/mol. The first-order valence-electron chi connectivity index (χ1n) is 6.73. The molecule has 2 aromatic carbocycles. The molecule has 0 heterocycles. The van der Waals surface area contributed by atoms with E-state index in [0.29, 0.717) is 0 Å². The molecule has 3 heteroatoms. The Morgan fingerprint density at radius 1 is 1.10 bits per heavy atom. The van der Waals surface area contributed by atoms with Crippen molar-refractivity contribution in [1.82, 2.24) is 0 Å². The van der Waals surface area contributed by atoms with E-state index in [2.05, 4.69) is 41.9 Å². The highest BCUT2D eigenvalue weighted by molar-refractivity contribution is 9.10. The molecule has 2 atom stereocenters. The molecule has 0 saturated carbocycles. The summed E-state index contributed by atoms with van der Waals surface area (Å²) in [5, 5.41) is 0. The molecule has 2 N–H and O–H groups in total. The summed E-state index contributed by atoms with van der Waals surface area (Å²) < 4.78 is 7.19. The minimum absolute atomic E-state index is 0.102. The predicted octanol–water partition coefficient (Wildman–Crippen LogP) is 4.53. The Bertz CT molecular complexity index is 595. The fourth-order valence-corrected chi connectivity index (χ4v) is 2.74. The average Bonchev–Trinajstić information content (AvgIpc) is 2.39. The minimum Gasteiger partial charge on any atom is -0.484 e. The van der Waals surface area contributed by atoms with E-state index in [1.54, 1.807) is 0 Å². The first kappa shape index (κ1) is 15.1. The van der Waals surface area contributed by atoms with E-state index >= 15 is 0 Å². The second-order valence-corrected chi connectivity index (χ2v) is 6.04. The minimum atomic E-state index is -0.174. The summed E-state index contributed by atoms with van der Waals surface area (Å²) in [7, 11) is 0. The van der Waals surface area contributed by atoms with Crippen LogP contribution in [0.15, 0.2) is 46.9 Å². The van der Waals surface area contributed by atoms with E-state index < -0.39 is 0 Å². The van der Waals surface area contributed by atoms with Crippen molar-refractivity contribution in [3.63, 3.8) is 0 Å². The fourth-order valence-electron chi connectivity index (χ4n) is 2.23. The molecule has 0 fully saturated rings. The van der Waals surface area contributed by atoms with Crippen molar-refractivity contribution in [2.24, 2.45) is 5.73 Å². The van der Waals surface area contributed by atoms with Crippen LogP contribution in [-0.2, 0) is 0 Å². The normalized spacial score (nSPS) is 13.8. The van der Waals surface area contributed by atoms with Crippen molar-refractivity contribution in [3.8, 4) is 5.75 Å². The number of hydrogen-bond donors (Lipinski definition) is 1. The van der Waals surface area contributed by atoms with E-state index in [4.69, 9.17) is 10.5 Å². The van der Waals surface area contributed by atoms with Crippen LogP contribution < -0.4 is 10.5 Å². The molecule has 0 aliphatic rings. The smallest absolute Gasteiger partial charge is 0.140 e. The van der Waals surface area contributed by atoms with Gasteiger partial charge in [-0.05, 0) is 38.5 Å². The number of halogens is 1. The molecule has 2 rings (SSSR count). The quantitative estimate of drug-likeness (QED) is 0.891. The Hall–Kier alpha value is -1.32. The summed E-state index contributed by atoms with van der Waals surface area (Å²) in [5.41, 5.74) is 9.55. The van der Waals surface area contributed by atoms with Crippen LogP contribution in [0.2, 0.25) is 0 Å². The topological polar surface area (TPSA) is 35.2 Å². The van der Waals surface area contributed by atoms with Crippen molar-refractivity contribution < 1.29 is 4.74 Å². The van der Waals surface area contributed by atoms with Gasteiger partial charge in [0.15, 0.2) is 0 Å². The lowest BCUT2D eigenvalue weighted by Crippen LogP contribution is -2.29. The van der Waals surface area contributed by atoms with Crippen LogP contribution in [-0.4, -0.2) is 6.04 Å². The van der Waals surface area contributed by atoms with Gasteiger partial charge in [0.1, 0.15) is 11.9 Å². The summed E-state index contributed by atoms with van der Waals surface area (Å²) in [6, 6.07) is 14.1. The van der Waals surface area contributed by atoms with Crippen molar-refractivity contribution in [2.45, 2.75) is 32.9 Å². The Labute approximate surface area is 129 Å². The van der Waals surface area contributed by atoms with Crippen LogP contribution in [0.3, 0.4) is 0 Å². The first-order valence-corrected chi connectivity index (χ1v) is 7.52. The summed E-state index contributed by atoms with van der Waals surface area (Å²) in [6.07, 6.45) is -0.174. The third-order valence-corrected chi connectivity index (χ3v) is 4.00. The van der Waals surface area contributed by atoms with Crippen LogP contribution >= 0.6 is 15.9 Å². The highest BCUT2D eigenvalue weighted by atomic mass is 79.9. The maximum atomic E-state index is 6.17. The molecule has 0 aliphatic carbocycles. The first-order chi connectivity index (χ1) is 9.49. The third kappa shape index (κ3) is 3.41. The van der Waals surface area contributed by atoms with Crippen LogP contribution in [0.25, 0.3) is 0 Å². The van der Waals surface area contributed by atoms with Gasteiger partial charge in [-0.2, -0.15) is 0 Å². The molecule has 106 valence electrons. The van der Waals surface area contributed by atoms with Crippen LogP contribution in [0.1, 0.15) is 29.7 Å². The molecule has 0 aliphatic heterocycles. The monoisotopic (exact) mass is 333 g/mol. The molecule has 0 bridgehead atoms. The predicted molar refractivity (Wildman–Crippen MR) is 87.1 cm³/mol. The molecule has 2 nitrogen and oxygen atoms in total. The van der Waals surface area contributed by atoms with Gasteiger partial charge in [-0.25, -0.2) is 0 Å². The van der Waals surface area contributed by atoms with Gasteiger partial charge in [0, 0.05) is 16.1 Å². The number of aryl methyl sites for hydroxylation is 2. The van der Waals surface area contributed by atoms with Gasteiger partial charge >= 0.3 is 0 Å². The number of ether oxygens (including phenoxy) is 1. The molecule has 0 radical (unpaired) electrons. The largest absolute Gasteiger partial charge is 0.484 e. The zero-order valence-corrected chi connectivity index (χ0v) is 13.6.